The third-order valence-corrected chi connectivity index (χ3v) is 3.24. The highest BCUT2D eigenvalue weighted by Crippen LogP contribution is 2.14. The predicted octanol–water partition coefficient (Wildman–Crippen LogP) is 1.05. The molecule has 0 atom stereocenters. The summed E-state index contributed by atoms with van der Waals surface area (Å²) in [6.45, 7) is 0.919. The molecule has 142 valence electrons. The number of nitrogens with two attached hydrogens (primary N) is 2. The third-order valence-electron chi connectivity index (χ3n) is 3.24. The highest BCUT2D eigenvalue weighted by molar-refractivity contribution is 6.19. The topological polar surface area (TPSA) is 128 Å². The maximum Gasteiger partial charge on any atom is 0.344 e. The number of halogens is 2. The zero-order valence-corrected chi connectivity index (χ0v) is 14.3. The first-order chi connectivity index (χ1) is 12.3. The van der Waals surface area contributed by atoms with Crippen molar-refractivity contribution in [2.75, 3.05) is 19.8 Å². The van der Waals surface area contributed by atoms with E-state index in [1.54, 1.807) is 0 Å². The Labute approximate surface area is 149 Å². The van der Waals surface area contributed by atoms with Crippen LogP contribution in [0, 0.1) is 11.6 Å². The lowest BCUT2D eigenvalue weighted by Crippen LogP contribution is -2.29. The van der Waals surface area contributed by atoms with E-state index in [2.05, 4.69) is 4.99 Å². The summed E-state index contributed by atoms with van der Waals surface area (Å²) in [4.78, 5) is 28.1. The second kappa shape index (κ2) is 10.2. The van der Waals surface area contributed by atoms with Gasteiger partial charge in [-0.25, -0.2) is 13.6 Å². The zero-order chi connectivity index (χ0) is 19.7. The summed E-state index contributed by atoms with van der Waals surface area (Å²) in [5.74, 6) is -4.46. The van der Waals surface area contributed by atoms with E-state index in [4.69, 9.17) is 21.3 Å². The summed E-state index contributed by atoms with van der Waals surface area (Å²) in [7, 11) is 0. The number of carbonyl (C=O) groups is 2. The van der Waals surface area contributed by atoms with Gasteiger partial charge in [0.15, 0.2) is 6.61 Å². The lowest BCUT2D eigenvalue weighted by atomic mass is 10.1. The van der Waals surface area contributed by atoms with Gasteiger partial charge in [-0.15, -0.1) is 0 Å². The number of carbonyl (C=O) groups excluding carboxylic acids is 2. The maximum atomic E-state index is 13.6. The molecular formula is C17H21F2N3O4. The maximum absolute atomic E-state index is 13.6. The van der Waals surface area contributed by atoms with Gasteiger partial charge in [0.05, 0.1) is 5.56 Å². The van der Waals surface area contributed by atoms with E-state index < -0.39 is 35.6 Å². The van der Waals surface area contributed by atoms with Crippen LogP contribution < -0.4 is 11.5 Å². The Kier molecular flexibility index (Phi) is 8.36. The average Bonchev–Trinajstić information content (AvgIpc) is 2.58. The van der Waals surface area contributed by atoms with E-state index in [-0.39, 0.29) is 30.1 Å². The minimum absolute atomic E-state index is 0.0668. The lowest BCUT2D eigenvalue weighted by molar-refractivity contribution is -0.137. The van der Waals surface area contributed by atoms with E-state index in [1.807, 2.05) is 6.92 Å². The molecule has 0 saturated carbocycles. The fraction of sp³-hybridized carbons (Fsp3) is 0.353. The molecule has 0 saturated heterocycles. The Bertz CT molecular complexity index is 712. The van der Waals surface area contributed by atoms with Crippen LogP contribution in [0.1, 0.15) is 30.1 Å². The zero-order valence-electron chi connectivity index (χ0n) is 14.3. The van der Waals surface area contributed by atoms with Crippen molar-refractivity contribution in [1.29, 1.82) is 0 Å². The Balaban J connectivity index is 2.97. The predicted molar refractivity (Wildman–Crippen MR) is 91.3 cm³/mol. The van der Waals surface area contributed by atoms with Gasteiger partial charge < -0.3 is 21.3 Å². The van der Waals surface area contributed by atoms with E-state index in [0.717, 1.165) is 18.2 Å². The number of Topliss-reactive ketones (excluding diaryl/α,β-unsaturated/α-hetero) is 1. The summed E-state index contributed by atoms with van der Waals surface area (Å²) in [5.41, 5.74) is 10.3. The van der Waals surface area contributed by atoms with Crippen LogP contribution in [0.3, 0.4) is 0 Å². The molecule has 5 N–H and O–H groups in total. The molecule has 0 aliphatic heterocycles. The van der Waals surface area contributed by atoms with Crippen LogP contribution in [0.15, 0.2) is 34.5 Å². The van der Waals surface area contributed by atoms with Gasteiger partial charge in [-0.3, -0.25) is 9.79 Å². The average molecular weight is 369 g/mol. The van der Waals surface area contributed by atoms with Crippen molar-refractivity contribution in [3.05, 3.63) is 46.7 Å². The second-order valence-electron chi connectivity index (χ2n) is 5.24. The number of hydrogen-bond donors (Lipinski definition) is 3. The van der Waals surface area contributed by atoms with Crippen molar-refractivity contribution in [3.63, 3.8) is 0 Å². The molecule has 0 aromatic heterocycles. The molecule has 0 bridgehead atoms. The summed E-state index contributed by atoms with van der Waals surface area (Å²) in [5, 5.41) is 8.97. The van der Waals surface area contributed by atoms with Gasteiger partial charge in [0.2, 0.25) is 5.78 Å². The number of ether oxygens (including phenoxy) is 1. The molecule has 0 spiro atoms. The number of aliphatic hydroxyl groups excluding tert-OH is 1. The van der Waals surface area contributed by atoms with Gasteiger partial charge in [-0.2, -0.15) is 0 Å². The Morgan fingerprint density at radius 1 is 1.23 bits per heavy atom. The molecule has 0 amide bonds. The van der Waals surface area contributed by atoms with Crippen molar-refractivity contribution >= 4 is 17.6 Å². The van der Waals surface area contributed by atoms with Gasteiger partial charge in [0, 0.05) is 25.3 Å². The highest BCUT2D eigenvalue weighted by atomic mass is 19.1. The summed E-state index contributed by atoms with van der Waals surface area (Å²) >= 11 is 0. The van der Waals surface area contributed by atoms with Gasteiger partial charge in [-0.05, 0) is 18.6 Å². The molecule has 0 aliphatic rings. The standard InChI is InChI=1S/C17H21F2N3O4/c1-2-7-22-16(21)15(12(20)6-8-23)17(25)26-9-13(24)14-10(18)4-3-5-11(14)19/h3-5,23H,2,6-9,20H2,1H3,(H2,21,22)/b15-12+. The van der Waals surface area contributed by atoms with Gasteiger partial charge in [0.1, 0.15) is 23.0 Å². The van der Waals surface area contributed by atoms with Crippen LogP contribution in [0.25, 0.3) is 0 Å². The highest BCUT2D eigenvalue weighted by Gasteiger charge is 2.23. The van der Waals surface area contributed by atoms with E-state index >= 15 is 0 Å². The summed E-state index contributed by atoms with van der Waals surface area (Å²) in [6, 6.07) is 2.94. The van der Waals surface area contributed by atoms with Crippen molar-refractivity contribution in [1.82, 2.24) is 0 Å². The van der Waals surface area contributed by atoms with Crippen LogP contribution in [0.2, 0.25) is 0 Å². The molecular weight excluding hydrogens is 348 g/mol. The summed E-state index contributed by atoms with van der Waals surface area (Å²) in [6.07, 6.45) is 0.594. The van der Waals surface area contributed by atoms with Gasteiger partial charge in [-0.1, -0.05) is 13.0 Å². The monoisotopic (exact) mass is 369 g/mol. The molecule has 1 aromatic carbocycles. The quantitative estimate of drug-likeness (QED) is 0.196. The van der Waals surface area contributed by atoms with Crippen LogP contribution in [0.5, 0.6) is 0 Å². The second-order valence-corrected chi connectivity index (χ2v) is 5.24. The lowest BCUT2D eigenvalue weighted by Gasteiger charge is -2.11. The van der Waals surface area contributed by atoms with Crippen LogP contribution in [0.4, 0.5) is 8.78 Å². The normalized spacial score (nSPS) is 12.5. The molecule has 1 rings (SSSR count). The number of rotatable bonds is 9. The number of ketones is 1. The van der Waals surface area contributed by atoms with Gasteiger partial charge in [0.25, 0.3) is 0 Å². The Morgan fingerprint density at radius 2 is 1.85 bits per heavy atom. The molecule has 0 radical (unpaired) electrons. The van der Waals surface area contributed by atoms with Crippen molar-refractivity contribution < 1.29 is 28.2 Å². The van der Waals surface area contributed by atoms with Crippen molar-refractivity contribution in [3.8, 4) is 0 Å². The van der Waals surface area contributed by atoms with Crippen LogP contribution in [-0.4, -0.2) is 42.5 Å². The van der Waals surface area contributed by atoms with Crippen molar-refractivity contribution in [2.45, 2.75) is 19.8 Å². The Morgan fingerprint density at radius 3 is 2.38 bits per heavy atom. The molecule has 9 heteroatoms. The van der Waals surface area contributed by atoms with Crippen LogP contribution in [-0.2, 0) is 9.53 Å². The molecule has 0 heterocycles. The van der Waals surface area contributed by atoms with Crippen molar-refractivity contribution in [2.24, 2.45) is 16.5 Å². The molecule has 26 heavy (non-hydrogen) atoms. The fourth-order valence-corrected chi connectivity index (χ4v) is 2.00. The number of amidine groups is 1. The number of nitrogens with zero attached hydrogens (tertiary/aromatic N) is 1. The number of aliphatic hydroxyl groups is 1. The number of hydrogen-bond acceptors (Lipinski definition) is 6. The number of benzene rings is 1. The first-order valence-electron chi connectivity index (χ1n) is 7.87. The number of esters is 1. The Hall–Kier alpha value is -2.81. The molecule has 0 unspecified atom stereocenters. The molecule has 7 nitrogen and oxygen atoms in total. The smallest absolute Gasteiger partial charge is 0.344 e. The third kappa shape index (κ3) is 5.62. The molecule has 0 fully saturated rings. The first-order valence-corrected chi connectivity index (χ1v) is 7.87. The minimum atomic E-state index is -1.07. The fourth-order valence-electron chi connectivity index (χ4n) is 2.00. The van der Waals surface area contributed by atoms with E-state index in [0.29, 0.717) is 13.0 Å². The van der Waals surface area contributed by atoms with E-state index in [1.165, 1.54) is 0 Å². The van der Waals surface area contributed by atoms with Gasteiger partial charge >= 0.3 is 5.97 Å². The first kappa shape index (κ1) is 21.2. The minimum Gasteiger partial charge on any atom is -0.454 e. The number of aliphatic imine (C=N–C) groups is 1. The largest absolute Gasteiger partial charge is 0.454 e. The van der Waals surface area contributed by atoms with Crippen LogP contribution >= 0.6 is 0 Å². The SMILES string of the molecule is CCCN=C(N)/C(C(=O)OCC(=O)c1c(F)cccc1F)=C(\N)CCO. The molecule has 0 aliphatic carbocycles. The molecule has 1 aromatic rings. The van der Waals surface area contributed by atoms with E-state index in [9.17, 15) is 18.4 Å². The summed E-state index contributed by atoms with van der Waals surface area (Å²) < 4.78 is 32.0.